The van der Waals surface area contributed by atoms with Gasteiger partial charge in [0, 0.05) is 0 Å². The molecule has 0 aliphatic carbocycles. The minimum absolute atomic E-state index is 0.108. The molecule has 0 saturated carbocycles. The average molecular weight is 308 g/mol. The van der Waals surface area contributed by atoms with Crippen LogP contribution in [0.25, 0.3) is 0 Å². The number of benzene rings is 1. The van der Waals surface area contributed by atoms with Gasteiger partial charge in [-0.1, -0.05) is 19.1 Å². The van der Waals surface area contributed by atoms with E-state index in [1.54, 1.807) is 26.2 Å². The van der Waals surface area contributed by atoms with Crippen molar-refractivity contribution in [1.82, 2.24) is 0 Å². The molecular formula is C16H20O6. The van der Waals surface area contributed by atoms with Gasteiger partial charge in [0.15, 0.2) is 5.79 Å². The maximum absolute atomic E-state index is 12.0. The molecule has 0 radical (unpaired) electrons. The van der Waals surface area contributed by atoms with Gasteiger partial charge in [-0.3, -0.25) is 4.79 Å². The summed E-state index contributed by atoms with van der Waals surface area (Å²) >= 11 is 0. The van der Waals surface area contributed by atoms with Crippen LogP contribution in [-0.4, -0.2) is 38.4 Å². The lowest BCUT2D eigenvalue weighted by molar-refractivity contribution is -0.202. The van der Waals surface area contributed by atoms with Crippen LogP contribution in [0.4, 0.5) is 0 Å². The molecular weight excluding hydrogens is 288 g/mol. The molecule has 6 heteroatoms. The summed E-state index contributed by atoms with van der Waals surface area (Å²) in [5.74, 6) is -1.46. The molecule has 1 aliphatic heterocycles. The summed E-state index contributed by atoms with van der Waals surface area (Å²) in [6, 6.07) is 7.22. The van der Waals surface area contributed by atoms with Gasteiger partial charge < -0.3 is 23.7 Å². The van der Waals surface area contributed by atoms with Crippen LogP contribution >= 0.6 is 0 Å². The first kappa shape index (κ1) is 16.5. The molecule has 1 fully saturated rings. The zero-order valence-corrected chi connectivity index (χ0v) is 12.7. The summed E-state index contributed by atoms with van der Waals surface area (Å²) in [6.07, 6.45) is 0.616. The van der Waals surface area contributed by atoms with E-state index in [9.17, 15) is 9.59 Å². The third kappa shape index (κ3) is 3.84. The number of ether oxygens (including phenoxy) is 4. The minimum atomic E-state index is -1.20. The molecule has 0 N–H and O–H groups in total. The van der Waals surface area contributed by atoms with Crippen LogP contribution in [0.1, 0.15) is 18.9 Å². The molecule has 0 spiro atoms. The fourth-order valence-corrected chi connectivity index (χ4v) is 2.24. The van der Waals surface area contributed by atoms with Crippen molar-refractivity contribution < 1.29 is 28.5 Å². The number of rotatable bonds is 7. The predicted molar refractivity (Wildman–Crippen MR) is 77.3 cm³/mol. The Morgan fingerprint density at radius 3 is 2.50 bits per heavy atom. The second-order valence-electron chi connectivity index (χ2n) is 5.12. The van der Waals surface area contributed by atoms with Gasteiger partial charge in [0.2, 0.25) is 0 Å². The first-order valence-electron chi connectivity index (χ1n) is 7.11. The largest absolute Gasteiger partial charge is 0.497 e. The number of carbonyl (C=O) groups excluding carboxylic acids is 2. The lowest BCUT2D eigenvalue weighted by atomic mass is 9.99. The van der Waals surface area contributed by atoms with Crippen molar-refractivity contribution in [3.8, 4) is 5.75 Å². The minimum Gasteiger partial charge on any atom is -0.497 e. The molecule has 1 atom stereocenters. The van der Waals surface area contributed by atoms with Crippen LogP contribution in [0.3, 0.4) is 0 Å². The standard InChI is InChI=1S/C16H20O6/c1-12(10-17)16(21-7-8-22-16)9-15(18)20-11-13-3-5-14(19-2)6-4-13/h3-6,10,12H,7-9,11H2,1-2H3. The number of carbonyl (C=O) groups is 2. The zero-order valence-electron chi connectivity index (χ0n) is 12.7. The van der Waals surface area contributed by atoms with Gasteiger partial charge in [-0.05, 0) is 17.7 Å². The van der Waals surface area contributed by atoms with Crippen molar-refractivity contribution in [3.05, 3.63) is 29.8 Å². The van der Waals surface area contributed by atoms with Crippen molar-refractivity contribution >= 4 is 12.3 Å². The zero-order chi connectivity index (χ0) is 16.0. The van der Waals surface area contributed by atoms with E-state index in [1.807, 2.05) is 12.1 Å². The summed E-state index contributed by atoms with van der Waals surface area (Å²) in [4.78, 5) is 23.0. The van der Waals surface area contributed by atoms with E-state index in [-0.39, 0.29) is 13.0 Å². The van der Waals surface area contributed by atoms with Gasteiger partial charge in [0.25, 0.3) is 0 Å². The number of methoxy groups -OCH3 is 1. The van der Waals surface area contributed by atoms with Crippen LogP contribution < -0.4 is 4.74 Å². The Bertz CT molecular complexity index is 504. The van der Waals surface area contributed by atoms with Crippen molar-refractivity contribution in [2.24, 2.45) is 5.92 Å². The first-order valence-corrected chi connectivity index (χ1v) is 7.11. The van der Waals surface area contributed by atoms with Gasteiger partial charge in [-0.15, -0.1) is 0 Å². The molecule has 1 aromatic carbocycles. The summed E-state index contributed by atoms with van der Waals surface area (Å²) in [7, 11) is 1.59. The molecule has 1 heterocycles. The van der Waals surface area contributed by atoms with Crippen molar-refractivity contribution in [3.63, 3.8) is 0 Å². The summed E-state index contributed by atoms with van der Waals surface area (Å²) in [6.45, 7) is 2.54. The van der Waals surface area contributed by atoms with Gasteiger partial charge in [0.1, 0.15) is 25.1 Å². The van der Waals surface area contributed by atoms with Gasteiger partial charge >= 0.3 is 5.97 Å². The SMILES string of the molecule is COc1ccc(COC(=O)CC2(C(C)C=O)OCCO2)cc1. The maximum atomic E-state index is 12.0. The van der Waals surface area contributed by atoms with E-state index in [4.69, 9.17) is 18.9 Å². The topological polar surface area (TPSA) is 71.1 Å². The lowest BCUT2D eigenvalue weighted by Crippen LogP contribution is -2.41. The number of hydrogen-bond acceptors (Lipinski definition) is 6. The Hall–Kier alpha value is -1.92. The Morgan fingerprint density at radius 2 is 1.95 bits per heavy atom. The molecule has 6 nitrogen and oxygen atoms in total. The lowest BCUT2D eigenvalue weighted by Gasteiger charge is -2.29. The second kappa shape index (κ2) is 7.38. The molecule has 1 aromatic rings. The average Bonchev–Trinajstić information content (AvgIpc) is 3.02. The Kier molecular flexibility index (Phi) is 5.51. The fourth-order valence-electron chi connectivity index (χ4n) is 2.24. The van der Waals surface area contributed by atoms with Crippen LogP contribution in [0.2, 0.25) is 0 Å². The van der Waals surface area contributed by atoms with Crippen LogP contribution in [0, 0.1) is 5.92 Å². The van der Waals surface area contributed by atoms with E-state index >= 15 is 0 Å². The first-order chi connectivity index (χ1) is 10.6. The number of aldehydes is 1. The quantitative estimate of drug-likeness (QED) is 0.564. The molecule has 1 saturated heterocycles. The maximum Gasteiger partial charge on any atom is 0.311 e. The molecule has 1 aliphatic rings. The third-order valence-electron chi connectivity index (χ3n) is 3.62. The summed E-state index contributed by atoms with van der Waals surface area (Å²) in [5, 5.41) is 0. The van der Waals surface area contributed by atoms with E-state index in [2.05, 4.69) is 0 Å². The molecule has 22 heavy (non-hydrogen) atoms. The highest BCUT2D eigenvalue weighted by atomic mass is 16.7. The Balaban J connectivity index is 1.89. The van der Waals surface area contributed by atoms with Crippen LogP contribution in [0.5, 0.6) is 5.75 Å². The van der Waals surface area contributed by atoms with Crippen LogP contribution in [0.15, 0.2) is 24.3 Å². The van der Waals surface area contributed by atoms with Crippen molar-refractivity contribution in [2.75, 3.05) is 20.3 Å². The molecule has 0 bridgehead atoms. The molecule has 2 rings (SSSR count). The number of hydrogen-bond donors (Lipinski definition) is 0. The number of esters is 1. The highest BCUT2D eigenvalue weighted by Crippen LogP contribution is 2.31. The monoisotopic (exact) mass is 308 g/mol. The summed E-state index contributed by atoms with van der Waals surface area (Å²) < 4.78 is 21.2. The third-order valence-corrected chi connectivity index (χ3v) is 3.62. The van der Waals surface area contributed by atoms with Gasteiger partial charge in [-0.2, -0.15) is 0 Å². The van der Waals surface area contributed by atoms with Crippen molar-refractivity contribution in [1.29, 1.82) is 0 Å². The van der Waals surface area contributed by atoms with E-state index in [1.165, 1.54) is 0 Å². The fraction of sp³-hybridized carbons (Fsp3) is 0.500. The van der Waals surface area contributed by atoms with Gasteiger partial charge in [0.05, 0.1) is 26.2 Å². The van der Waals surface area contributed by atoms with Crippen LogP contribution in [-0.2, 0) is 30.4 Å². The molecule has 1 unspecified atom stereocenters. The Labute approximate surface area is 129 Å². The summed E-state index contributed by atoms with van der Waals surface area (Å²) in [5.41, 5.74) is 0.847. The molecule has 0 aromatic heterocycles. The highest BCUT2D eigenvalue weighted by Gasteiger charge is 2.44. The van der Waals surface area contributed by atoms with E-state index in [0.717, 1.165) is 17.6 Å². The highest BCUT2D eigenvalue weighted by molar-refractivity contribution is 5.71. The predicted octanol–water partition coefficient (Wildman–Crippen LogP) is 1.71. The van der Waals surface area contributed by atoms with Crippen molar-refractivity contribution in [2.45, 2.75) is 25.7 Å². The molecule has 120 valence electrons. The molecule has 0 amide bonds. The second-order valence-corrected chi connectivity index (χ2v) is 5.12. The van der Waals surface area contributed by atoms with E-state index < -0.39 is 17.7 Å². The van der Waals surface area contributed by atoms with E-state index in [0.29, 0.717) is 13.2 Å². The Morgan fingerprint density at radius 1 is 1.32 bits per heavy atom. The smallest absolute Gasteiger partial charge is 0.311 e. The normalized spacial score (nSPS) is 17.7. The van der Waals surface area contributed by atoms with Gasteiger partial charge in [-0.25, -0.2) is 0 Å².